The number of hydrogen-bond acceptors (Lipinski definition) is 6. The lowest BCUT2D eigenvalue weighted by Gasteiger charge is -2.13. The zero-order valence-corrected chi connectivity index (χ0v) is 13.8. The Morgan fingerprint density at radius 1 is 1.20 bits per heavy atom. The van der Waals surface area contributed by atoms with E-state index in [-0.39, 0.29) is 11.6 Å². The first kappa shape index (κ1) is 17.9. The summed E-state index contributed by atoms with van der Waals surface area (Å²) in [6.45, 7) is 1.71. The van der Waals surface area contributed by atoms with Crippen molar-refractivity contribution < 1.29 is 14.5 Å². The first-order valence-electron chi connectivity index (χ1n) is 7.47. The van der Waals surface area contributed by atoms with Crippen molar-refractivity contribution in [2.24, 2.45) is 5.10 Å². The van der Waals surface area contributed by atoms with Gasteiger partial charge < -0.3 is 10.1 Å². The van der Waals surface area contributed by atoms with Crippen LogP contribution >= 0.6 is 0 Å². The molecule has 2 rings (SSSR count). The van der Waals surface area contributed by atoms with Gasteiger partial charge in [-0.25, -0.2) is 5.43 Å². The quantitative estimate of drug-likeness (QED) is 0.457. The van der Waals surface area contributed by atoms with E-state index in [0.29, 0.717) is 5.56 Å². The van der Waals surface area contributed by atoms with Crippen molar-refractivity contribution in [2.75, 3.05) is 12.4 Å². The van der Waals surface area contributed by atoms with E-state index in [4.69, 9.17) is 4.74 Å². The number of carbonyl (C=O) groups excluding carboxylic acids is 1. The number of hydrogen-bond donors (Lipinski definition) is 2. The molecule has 0 bridgehead atoms. The number of nitrogens with zero attached hydrogens (tertiary/aromatic N) is 2. The van der Waals surface area contributed by atoms with Gasteiger partial charge in [-0.3, -0.25) is 14.9 Å². The van der Waals surface area contributed by atoms with Crippen molar-refractivity contribution in [1.82, 2.24) is 5.43 Å². The molecule has 0 spiro atoms. The Kier molecular flexibility index (Phi) is 6.05. The van der Waals surface area contributed by atoms with Gasteiger partial charge in [0, 0.05) is 17.8 Å². The third kappa shape index (κ3) is 5.31. The average Bonchev–Trinajstić information content (AvgIpc) is 2.62. The topological polar surface area (TPSA) is 106 Å². The second-order valence-electron chi connectivity index (χ2n) is 5.18. The van der Waals surface area contributed by atoms with E-state index < -0.39 is 11.0 Å². The molecule has 8 heteroatoms. The smallest absolute Gasteiger partial charge is 0.269 e. The maximum absolute atomic E-state index is 12.0. The van der Waals surface area contributed by atoms with Crippen LogP contribution in [0.4, 0.5) is 11.4 Å². The highest BCUT2D eigenvalue weighted by molar-refractivity contribution is 5.86. The minimum atomic E-state index is -0.498. The SMILES string of the molecule is COc1ccc(N[C@@H](C)C(=O)N/N=C\c2ccc([N+](=O)[O-])cc2)cc1. The van der Waals surface area contributed by atoms with Crippen LogP contribution in [0.1, 0.15) is 12.5 Å². The van der Waals surface area contributed by atoms with Gasteiger partial charge in [0.1, 0.15) is 11.8 Å². The van der Waals surface area contributed by atoms with Crippen LogP contribution in [0.2, 0.25) is 0 Å². The number of non-ortho nitro benzene ring substituents is 1. The van der Waals surface area contributed by atoms with Gasteiger partial charge in [0.2, 0.25) is 0 Å². The molecular formula is C17H18N4O4. The summed E-state index contributed by atoms with van der Waals surface area (Å²) < 4.78 is 5.07. The van der Waals surface area contributed by atoms with Crippen LogP contribution in [0.3, 0.4) is 0 Å². The summed E-state index contributed by atoms with van der Waals surface area (Å²) in [5.74, 6) is 0.421. The van der Waals surface area contributed by atoms with Gasteiger partial charge in [-0.05, 0) is 48.9 Å². The van der Waals surface area contributed by atoms with Crippen molar-refractivity contribution in [3.05, 3.63) is 64.2 Å². The molecule has 0 heterocycles. The lowest BCUT2D eigenvalue weighted by Crippen LogP contribution is -2.34. The lowest BCUT2D eigenvalue weighted by atomic mass is 10.2. The zero-order chi connectivity index (χ0) is 18.2. The van der Waals surface area contributed by atoms with Crippen LogP contribution in [0, 0.1) is 10.1 Å². The number of nitro groups is 1. The zero-order valence-electron chi connectivity index (χ0n) is 13.8. The number of rotatable bonds is 7. The number of amides is 1. The van der Waals surface area contributed by atoms with E-state index in [1.165, 1.54) is 18.3 Å². The van der Waals surface area contributed by atoms with Gasteiger partial charge in [-0.15, -0.1) is 0 Å². The summed E-state index contributed by atoms with van der Waals surface area (Å²) in [4.78, 5) is 22.1. The molecule has 1 atom stereocenters. The molecule has 0 aromatic heterocycles. The molecular weight excluding hydrogens is 324 g/mol. The van der Waals surface area contributed by atoms with Gasteiger partial charge in [-0.1, -0.05) is 0 Å². The highest BCUT2D eigenvalue weighted by Gasteiger charge is 2.11. The number of nitrogens with one attached hydrogen (secondary N) is 2. The molecule has 2 N–H and O–H groups in total. The number of carbonyl (C=O) groups is 1. The molecule has 0 aliphatic heterocycles. The van der Waals surface area contributed by atoms with E-state index in [2.05, 4.69) is 15.8 Å². The fourth-order valence-electron chi connectivity index (χ4n) is 1.95. The number of benzene rings is 2. The van der Waals surface area contributed by atoms with Crippen LogP contribution in [-0.4, -0.2) is 30.2 Å². The molecule has 0 aliphatic rings. The molecule has 1 amide bonds. The standard InChI is InChI=1S/C17H18N4O4/c1-12(19-14-5-9-16(25-2)10-6-14)17(22)20-18-11-13-3-7-15(8-4-13)21(23)24/h3-12,19H,1-2H3,(H,20,22)/b18-11-/t12-/m0/s1. The largest absolute Gasteiger partial charge is 0.497 e. The van der Waals surface area contributed by atoms with Crippen LogP contribution in [0.25, 0.3) is 0 Å². The van der Waals surface area contributed by atoms with E-state index in [0.717, 1.165) is 11.4 Å². The summed E-state index contributed by atoms with van der Waals surface area (Å²) in [5.41, 5.74) is 3.84. The number of hydrazone groups is 1. The Morgan fingerprint density at radius 3 is 2.40 bits per heavy atom. The summed E-state index contributed by atoms with van der Waals surface area (Å²) in [7, 11) is 1.58. The van der Waals surface area contributed by atoms with Crippen molar-refractivity contribution in [3.8, 4) is 5.75 Å². The summed E-state index contributed by atoms with van der Waals surface area (Å²) in [5, 5.41) is 17.5. The summed E-state index contributed by atoms with van der Waals surface area (Å²) >= 11 is 0. The van der Waals surface area contributed by atoms with Gasteiger partial charge >= 0.3 is 0 Å². The number of nitro benzene ring substituents is 1. The van der Waals surface area contributed by atoms with Crippen LogP contribution in [0.5, 0.6) is 5.75 Å². The maximum Gasteiger partial charge on any atom is 0.269 e. The minimum Gasteiger partial charge on any atom is -0.497 e. The molecule has 2 aromatic carbocycles. The van der Waals surface area contributed by atoms with Gasteiger partial charge in [-0.2, -0.15) is 5.10 Å². The Labute approximate surface area is 144 Å². The first-order valence-corrected chi connectivity index (χ1v) is 7.47. The highest BCUT2D eigenvalue weighted by Crippen LogP contribution is 2.15. The fourth-order valence-corrected chi connectivity index (χ4v) is 1.95. The van der Waals surface area contributed by atoms with Gasteiger partial charge in [0.05, 0.1) is 18.2 Å². The van der Waals surface area contributed by atoms with E-state index >= 15 is 0 Å². The second-order valence-corrected chi connectivity index (χ2v) is 5.18. The summed E-state index contributed by atoms with van der Waals surface area (Å²) in [6.07, 6.45) is 1.42. The Morgan fingerprint density at radius 2 is 1.84 bits per heavy atom. The predicted octanol–water partition coefficient (Wildman–Crippen LogP) is 2.55. The Hall–Kier alpha value is -3.42. The molecule has 0 aliphatic carbocycles. The number of anilines is 1. The molecule has 0 saturated carbocycles. The van der Waals surface area contributed by atoms with Crippen molar-refractivity contribution in [2.45, 2.75) is 13.0 Å². The third-order valence-corrected chi connectivity index (χ3v) is 3.36. The predicted molar refractivity (Wildman–Crippen MR) is 94.9 cm³/mol. The third-order valence-electron chi connectivity index (χ3n) is 3.36. The monoisotopic (exact) mass is 342 g/mol. The minimum absolute atomic E-state index is 0.00139. The number of ether oxygens (including phenoxy) is 1. The van der Waals surface area contributed by atoms with Crippen molar-refractivity contribution >= 4 is 23.5 Å². The normalized spacial score (nSPS) is 11.8. The molecule has 0 fully saturated rings. The Balaban J connectivity index is 1.86. The molecule has 0 radical (unpaired) electrons. The first-order chi connectivity index (χ1) is 12.0. The average molecular weight is 342 g/mol. The summed E-state index contributed by atoms with van der Waals surface area (Å²) in [6, 6.07) is 12.5. The van der Waals surface area contributed by atoms with E-state index in [1.54, 1.807) is 38.3 Å². The van der Waals surface area contributed by atoms with E-state index in [9.17, 15) is 14.9 Å². The second kappa shape index (κ2) is 8.44. The Bertz CT molecular complexity index is 757. The molecule has 0 saturated heterocycles. The molecule has 2 aromatic rings. The lowest BCUT2D eigenvalue weighted by molar-refractivity contribution is -0.384. The number of methoxy groups -OCH3 is 1. The highest BCUT2D eigenvalue weighted by atomic mass is 16.6. The van der Waals surface area contributed by atoms with Crippen LogP contribution < -0.4 is 15.5 Å². The van der Waals surface area contributed by atoms with Crippen molar-refractivity contribution in [1.29, 1.82) is 0 Å². The molecule has 0 unspecified atom stereocenters. The maximum atomic E-state index is 12.0. The molecule has 25 heavy (non-hydrogen) atoms. The van der Waals surface area contributed by atoms with Crippen LogP contribution in [0.15, 0.2) is 53.6 Å². The van der Waals surface area contributed by atoms with Crippen molar-refractivity contribution in [3.63, 3.8) is 0 Å². The van der Waals surface area contributed by atoms with Gasteiger partial charge in [0.15, 0.2) is 0 Å². The van der Waals surface area contributed by atoms with Gasteiger partial charge in [0.25, 0.3) is 11.6 Å². The fraction of sp³-hybridized carbons (Fsp3) is 0.176. The van der Waals surface area contributed by atoms with Crippen LogP contribution in [-0.2, 0) is 4.79 Å². The molecule has 130 valence electrons. The van der Waals surface area contributed by atoms with E-state index in [1.807, 2.05) is 12.1 Å². The molecule has 8 nitrogen and oxygen atoms in total.